The quantitative estimate of drug-likeness (QED) is 0.524. The van der Waals surface area contributed by atoms with Gasteiger partial charge in [-0.1, -0.05) is 12.1 Å². The Hall–Kier alpha value is -3.07. The number of nitrogens with zero attached hydrogens (tertiary/aromatic N) is 6. The maximum absolute atomic E-state index is 13.6. The summed E-state index contributed by atoms with van der Waals surface area (Å²) in [6.07, 6.45) is 0.922. The predicted octanol–water partition coefficient (Wildman–Crippen LogP) is 4.31. The molecule has 4 aliphatic rings. The molecule has 198 valence electrons. The average Bonchev–Trinajstić information content (AvgIpc) is 3.69. The van der Waals surface area contributed by atoms with Gasteiger partial charge in [0.1, 0.15) is 11.6 Å². The van der Waals surface area contributed by atoms with E-state index in [4.69, 9.17) is 17.5 Å². The Bertz CT molecular complexity index is 1310. The molecule has 38 heavy (non-hydrogen) atoms. The van der Waals surface area contributed by atoms with Crippen LogP contribution in [-0.2, 0) is 17.5 Å². The van der Waals surface area contributed by atoms with Gasteiger partial charge in [-0.3, -0.25) is 19.5 Å². The van der Waals surface area contributed by atoms with Crippen LogP contribution in [0.15, 0.2) is 36.5 Å². The van der Waals surface area contributed by atoms with Gasteiger partial charge in [0.05, 0.1) is 17.4 Å². The van der Waals surface area contributed by atoms with Crippen molar-refractivity contribution in [1.82, 2.24) is 14.8 Å². The molecule has 2 saturated carbocycles. The standard InChI is InChI=1S/C27H27F3N6OS/c28-27(29,30)22-14-21(16-32-23(22)15-31)35-24(37)26(8-1-9-26)36(25(35)38)20-4-2-18(3-5-20)17-33-10-12-34(13-11-33)19-6-7-19/h2-5,14,16,19H,1,6-13,17H2. The summed E-state index contributed by atoms with van der Waals surface area (Å²) in [5.41, 5.74) is -1.01. The number of hydrogen-bond acceptors (Lipinski definition) is 6. The number of amides is 1. The van der Waals surface area contributed by atoms with E-state index in [1.54, 1.807) is 4.90 Å². The first-order chi connectivity index (χ1) is 18.2. The van der Waals surface area contributed by atoms with Gasteiger partial charge in [0.15, 0.2) is 10.8 Å². The first kappa shape index (κ1) is 25.2. The number of nitriles is 1. The number of benzene rings is 1. The van der Waals surface area contributed by atoms with Crippen molar-refractivity contribution < 1.29 is 18.0 Å². The van der Waals surface area contributed by atoms with E-state index < -0.39 is 23.0 Å². The minimum atomic E-state index is -4.79. The molecule has 0 atom stereocenters. The number of thiocarbonyl (C=S) groups is 1. The van der Waals surface area contributed by atoms with Gasteiger partial charge in [-0.15, -0.1) is 0 Å². The van der Waals surface area contributed by atoms with E-state index in [0.717, 1.165) is 73.6 Å². The first-order valence-electron chi connectivity index (χ1n) is 12.9. The zero-order valence-corrected chi connectivity index (χ0v) is 21.6. The van der Waals surface area contributed by atoms with Crippen LogP contribution in [-0.4, -0.2) is 63.6 Å². The van der Waals surface area contributed by atoms with Gasteiger partial charge < -0.3 is 4.90 Å². The van der Waals surface area contributed by atoms with Crippen LogP contribution in [0.1, 0.15) is 48.9 Å². The molecule has 0 bridgehead atoms. The molecule has 3 heterocycles. The van der Waals surface area contributed by atoms with Gasteiger partial charge in [-0.2, -0.15) is 18.4 Å². The lowest BCUT2D eigenvalue weighted by molar-refractivity contribution is -0.138. The molecule has 1 aromatic carbocycles. The normalized spacial score (nSPS) is 22.2. The highest BCUT2D eigenvalue weighted by Gasteiger charge is 2.59. The Morgan fingerprint density at radius 3 is 2.32 bits per heavy atom. The largest absolute Gasteiger partial charge is 0.419 e. The van der Waals surface area contributed by atoms with E-state index in [9.17, 15) is 18.0 Å². The third-order valence-corrected chi connectivity index (χ3v) is 8.57. The molecule has 0 N–H and O–H groups in total. The molecule has 2 saturated heterocycles. The molecule has 2 aliphatic heterocycles. The van der Waals surface area contributed by atoms with Gasteiger partial charge >= 0.3 is 6.18 Å². The topological polar surface area (TPSA) is 66.7 Å². The number of anilines is 2. The van der Waals surface area contributed by atoms with E-state index in [1.165, 1.54) is 18.9 Å². The number of rotatable bonds is 5. The van der Waals surface area contributed by atoms with Crippen LogP contribution >= 0.6 is 12.2 Å². The van der Waals surface area contributed by atoms with Crippen LogP contribution in [0.25, 0.3) is 0 Å². The summed E-state index contributed by atoms with van der Waals surface area (Å²) >= 11 is 5.69. The van der Waals surface area contributed by atoms with Gasteiger partial charge in [-0.25, -0.2) is 4.98 Å². The lowest BCUT2D eigenvalue weighted by Gasteiger charge is -2.43. The second-order valence-electron chi connectivity index (χ2n) is 10.6. The number of hydrogen-bond donors (Lipinski definition) is 0. The third kappa shape index (κ3) is 4.25. The van der Waals surface area contributed by atoms with Crippen LogP contribution in [0.2, 0.25) is 0 Å². The molecular formula is C27H27F3N6OS. The maximum atomic E-state index is 13.6. The highest BCUT2D eigenvalue weighted by Crippen LogP contribution is 2.48. The van der Waals surface area contributed by atoms with E-state index in [-0.39, 0.29) is 16.7 Å². The molecule has 0 unspecified atom stereocenters. The highest BCUT2D eigenvalue weighted by atomic mass is 32.1. The third-order valence-electron chi connectivity index (χ3n) is 8.21. The van der Waals surface area contributed by atoms with Crippen LogP contribution < -0.4 is 9.80 Å². The van der Waals surface area contributed by atoms with Crippen molar-refractivity contribution in [2.45, 2.75) is 56.4 Å². The summed E-state index contributed by atoms with van der Waals surface area (Å²) in [5, 5.41) is 9.22. The Morgan fingerprint density at radius 1 is 1.08 bits per heavy atom. The van der Waals surface area contributed by atoms with E-state index in [0.29, 0.717) is 12.8 Å². The fourth-order valence-electron chi connectivity index (χ4n) is 5.82. The summed E-state index contributed by atoms with van der Waals surface area (Å²) in [4.78, 5) is 25.3. The Morgan fingerprint density at radius 2 is 1.76 bits per heavy atom. The number of piperazine rings is 1. The molecule has 6 rings (SSSR count). The van der Waals surface area contributed by atoms with Crippen molar-refractivity contribution in [3.05, 3.63) is 53.3 Å². The molecule has 1 spiro atoms. The number of halogens is 3. The van der Waals surface area contributed by atoms with Crippen molar-refractivity contribution in [2.75, 3.05) is 36.0 Å². The van der Waals surface area contributed by atoms with E-state index in [1.807, 2.05) is 24.3 Å². The lowest BCUT2D eigenvalue weighted by atomic mass is 9.75. The molecule has 7 nitrogen and oxygen atoms in total. The molecular weight excluding hydrogens is 513 g/mol. The minimum Gasteiger partial charge on any atom is -0.303 e. The van der Waals surface area contributed by atoms with Crippen molar-refractivity contribution in [2.24, 2.45) is 0 Å². The van der Waals surface area contributed by atoms with Crippen molar-refractivity contribution >= 4 is 34.6 Å². The van der Waals surface area contributed by atoms with Crippen LogP contribution in [0.3, 0.4) is 0 Å². The predicted molar refractivity (Wildman–Crippen MR) is 139 cm³/mol. The second kappa shape index (κ2) is 9.29. The smallest absolute Gasteiger partial charge is 0.303 e. The van der Waals surface area contributed by atoms with E-state index in [2.05, 4.69) is 14.8 Å². The monoisotopic (exact) mass is 540 g/mol. The summed E-state index contributed by atoms with van der Waals surface area (Å²) in [7, 11) is 0. The maximum Gasteiger partial charge on any atom is 0.419 e. The molecule has 4 fully saturated rings. The number of aromatic nitrogens is 1. The fourth-order valence-corrected chi connectivity index (χ4v) is 6.29. The summed E-state index contributed by atoms with van der Waals surface area (Å²) < 4.78 is 40.8. The number of carbonyl (C=O) groups excluding carboxylic acids is 1. The van der Waals surface area contributed by atoms with Gasteiger partial charge in [0.25, 0.3) is 5.91 Å². The Labute approximate surface area is 224 Å². The highest BCUT2D eigenvalue weighted by molar-refractivity contribution is 7.81. The molecule has 0 radical (unpaired) electrons. The number of pyridine rings is 1. The van der Waals surface area contributed by atoms with Crippen molar-refractivity contribution in [1.29, 1.82) is 5.26 Å². The summed E-state index contributed by atoms with van der Waals surface area (Å²) in [5.74, 6) is -0.356. The Balaban J connectivity index is 1.23. The number of carbonyl (C=O) groups is 1. The lowest BCUT2D eigenvalue weighted by Crippen LogP contribution is -2.55. The van der Waals surface area contributed by atoms with Gasteiger partial charge in [0, 0.05) is 44.5 Å². The van der Waals surface area contributed by atoms with Crippen LogP contribution in [0.5, 0.6) is 0 Å². The Kier molecular flexibility index (Phi) is 6.17. The summed E-state index contributed by atoms with van der Waals surface area (Å²) in [6, 6.07) is 11.0. The van der Waals surface area contributed by atoms with Crippen LogP contribution in [0.4, 0.5) is 24.5 Å². The zero-order valence-electron chi connectivity index (χ0n) is 20.7. The molecule has 1 amide bonds. The van der Waals surface area contributed by atoms with Crippen molar-refractivity contribution in [3.8, 4) is 6.07 Å². The molecule has 11 heteroatoms. The average molecular weight is 541 g/mol. The van der Waals surface area contributed by atoms with Crippen molar-refractivity contribution in [3.63, 3.8) is 0 Å². The molecule has 1 aromatic heterocycles. The minimum absolute atomic E-state index is 0.0814. The SMILES string of the molecule is N#Cc1ncc(N2C(=O)C3(CCC3)N(c3ccc(CN4CCN(C5CC5)CC4)cc3)C2=S)cc1C(F)(F)F. The van der Waals surface area contributed by atoms with Gasteiger partial charge in [-0.05, 0) is 68.1 Å². The van der Waals surface area contributed by atoms with Crippen LogP contribution in [0, 0.1) is 11.3 Å². The summed E-state index contributed by atoms with van der Waals surface area (Å²) in [6.45, 7) is 5.13. The number of alkyl halides is 3. The van der Waals surface area contributed by atoms with Gasteiger partial charge in [0.2, 0.25) is 0 Å². The molecule has 2 aromatic rings. The fraction of sp³-hybridized carbons (Fsp3) is 0.481. The zero-order chi connectivity index (χ0) is 26.7. The first-order valence-corrected chi connectivity index (χ1v) is 13.3. The van der Waals surface area contributed by atoms with E-state index >= 15 is 0 Å². The second-order valence-corrected chi connectivity index (χ2v) is 10.9. The molecule has 2 aliphatic carbocycles.